The fourth-order valence-corrected chi connectivity index (χ4v) is 3.59. The van der Waals surface area contributed by atoms with Crippen molar-refractivity contribution in [3.05, 3.63) is 54.1 Å². The maximum Gasteiger partial charge on any atom is 0.164 e. The van der Waals surface area contributed by atoms with Gasteiger partial charge in [-0.1, -0.05) is 0 Å². The highest BCUT2D eigenvalue weighted by atomic mass is 19.1. The molecular weight excluding hydrogens is 333 g/mol. The number of anilines is 1. The molecular formula is C18H22FN7. The monoisotopic (exact) mass is 355 g/mol. The van der Waals surface area contributed by atoms with Crippen molar-refractivity contribution in [2.24, 2.45) is 7.05 Å². The Hall–Kier alpha value is -2.77. The van der Waals surface area contributed by atoms with Crippen molar-refractivity contribution in [2.45, 2.75) is 32.2 Å². The third-order valence-electron chi connectivity index (χ3n) is 5.19. The first-order chi connectivity index (χ1) is 12.6. The molecule has 0 atom stereocenters. The maximum absolute atomic E-state index is 13.9. The SMILES string of the molecule is Cc1nccn1Cc1nnc(C2CCN(c3ccncc3F)CC2)n1C. The molecule has 26 heavy (non-hydrogen) atoms. The Balaban J connectivity index is 1.45. The predicted octanol–water partition coefficient (Wildman–Crippen LogP) is 2.29. The molecule has 0 saturated carbocycles. The Morgan fingerprint density at radius 1 is 1.19 bits per heavy atom. The van der Waals surface area contributed by atoms with Crippen molar-refractivity contribution >= 4 is 5.69 Å². The van der Waals surface area contributed by atoms with Crippen LogP contribution in [-0.4, -0.2) is 42.4 Å². The van der Waals surface area contributed by atoms with Gasteiger partial charge in [0.05, 0.1) is 18.4 Å². The van der Waals surface area contributed by atoms with Crippen LogP contribution in [0.25, 0.3) is 0 Å². The number of rotatable bonds is 4. The molecule has 3 aromatic heterocycles. The van der Waals surface area contributed by atoms with Crippen molar-refractivity contribution in [1.29, 1.82) is 0 Å². The summed E-state index contributed by atoms with van der Waals surface area (Å²) in [7, 11) is 2.02. The van der Waals surface area contributed by atoms with Gasteiger partial charge in [-0.3, -0.25) is 4.98 Å². The highest BCUT2D eigenvalue weighted by Gasteiger charge is 2.26. The smallest absolute Gasteiger partial charge is 0.164 e. The molecule has 0 aliphatic carbocycles. The van der Waals surface area contributed by atoms with Crippen LogP contribution >= 0.6 is 0 Å². The minimum Gasteiger partial charge on any atom is -0.369 e. The summed E-state index contributed by atoms with van der Waals surface area (Å²) in [6, 6.07) is 1.74. The minimum atomic E-state index is -0.261. The Morgan fingerprint density at radius 3 is 2.69 bits per heavy atom. The van der Waals surface area contributed by atoms with Crippen molar-refractivity contribution in [1.82, 2.24) is 29.3 Å². The number of hydrogen-bond acceptors (Lipinski definition) is 5. The Labute approximate surface area is 151 Å². The van der Waals surface area contributed by atoms with E-state index in [0.717, 1.165) is 43.4 Å². The van der Waals surface area contributed by atoms with Crippen LogP contribution in [0.15, 0.2) is 30.9 Å². The van der Waals surface area contributed by atoms with Crippen LogP contribution in [-0.2, 0) is 13.6 Å². The molecule has 0 spiro atoms. The quantitative estimate of drug-likeness (QED) is 0.718. The van der Waals surface area contributed by atoms with Crippen molar-refractivity contribution in [3.8, 4) is 0 Å². The lowest BCUT2D eigenvalue weighted by atomic mass is 9.95. The number of hydrogen-bond donors (Lipinski definition) is 0. The molecule has 0 amide bonds. The third-order valence-corrected chi connectivity index (χ3v) is 5.19. The van der Waals surface area contributed by atoms with Crippen LogP contribution in [0.3, 0.4) is 0 Å². The number of aryl methyl sites for hydroxylation is 1. The molecule has 4 heterocycles. The summed E-state index contributed by atoms with van der Waals surface area (Å²) in [6.45, 7) is 4.24. The van der Waals surface area contributed by atoms with E-state index in [1.807, 2.05) is 20.2 Å². The molecule has 136 valence electrons. The van der Waals surface area contributed by atoms with Gasteiger partial charge in [-0.2, -0.15) is 0 Å². The summed E-state index contributed by atoms with van der Waals surface area (Å²) < 4.78 is 18.1. The van der Waals surface area contributed by atoms with E-state index in [2.05, 4.69) is 34.2 Å². The molecule has 3 aromatic rings. The molecule has 0 radical (unpaired) electrons. The van der Waals surface area contributed by atoms with Crippen LogP contribution in [0.1, 0.15) is 36.2 Å². The molecule has 0 aromatic carbocycles. The number of nitrogens with zero attached hydrogens (tertiary/aromatic N) is 7. The second kappa shape index (κ2) is 6.86. The van der Waals surface area contributed by atoms with Crippen LogP contribution in [0.2, 0.25) is 0 Å². The van der Waals surface area contributed by atoms with Crippen LogP contribution < -0.4 is 4.90 Å². The number of imidazole rings is 1. The van der Waals surface area contributed by atoms with E-state index in [9.17, 15) is 4.39 Å². The van der Waals surface area contributed by atoms with E-state index in [1.165, 1.54) is 6.20 Å². The van der Waals surface area contributed by atoms with Crippen LogP contribution in [0.5, 0.6) is 0 Å². The lowest BCUT2D eigenvalue weighted by molar-refractivity contribution is 0.467. The van der Waals surface area contributed by atoms with Crippen LogP contribution in [0.4, 0.5) is 10.1 Å². The topological polar surface area (TPSA) is 64.7 Å². The van der Waals surface area contributed by atoms with Gasteiger partial charge in [0.15, 0.2) is 11.6 Å². The lowest BCUT2D eigenvalue weighted by Gasteiger charge is -2.33. The Morgan fingerprint density at radius 2 is 2.00 bits per heavy atom. The number of aromatic nitrogens is 6. The Bertz CT molecular complexity index is 893. The van der Waals surface area contributed by atoms with Gasteiger partial charge in [0.2, 0.25) is 0 Å². The van der Waals surface area contributed by atoms with E-state index < -0.39 is 0 Å². The van der Waals surface area contributed by atoms with E-state index >= 15 is 0 Å². The average molecular weight is 355 g/mol. The average Bonchev–Trinajstić information content (AvgIpc) is 3.22. The van der Waals surface area contributed by atoms with E-state index in [-0.39, 0.29) is 5.82 Å². The van der Waals surface area contributed by atoms with Gasteiger partial charge in [0, 0.05) is 44.6 Å². The number of halogens is 1. The largest absolute Gasteiger partial charge is 0.369 e. The van der Waals surface area contributed by atoms with Crippen molar-refractivity contribution < 1.29 is 4.39 Å². The molecule has 0 unspecified atom stereocenters. The minimum absolute atomic E-state index is 0.261. The third kappa shape index (κ3) is 3.07. The highest BCUT2D eigenvalue weighted by Crippen LogP contribution is 2.30. The Kier molecular flexibility index (Phi) is 4.40. The van der Waals surface area contributed by atoms with Crippen molar-refractivity contribution in [2.75, 3.05) is 18.0 Å². The zero-order valence-corrected chi connectivity index (χ0v) is 15.0. The van der Waals surface area contributed by atoms with Gasteiger partial charge in [-0.25, -0.2) is 9.37 Å². The molecule has 8 heteroatoms. The first-order valence-electron chi connectivity index (χ1n) is 8.84. The normalized spacial score (nSPS) is 15.6. The van der Waals surface area contributed by atoms with Gasteiger partial charge < -0.3 is 14.0 Å². The molecule has 4 rings (SSSR count). The first kappa shape index (κ1) is 16.7. The zero-order valence-electron chi connectivity index (χ0n) is 15.0. The van der Waals surface area contributed by atoms with E-state index in [4.69, 9.17) is 0 Å². The summed E-state index contributed by atoms with van der Waals surface area (Å²) in [5, 5.41) is 8.82. The van der Waals surface area contributed by atoms with E-state index in [0.29, 0.717) is 18.2 Å². The second-order valence-corrected chi connectivity index (χ2v) is 6.72. The second-order valence-electron chi connectivity index (χ2n) is 6.72. The van der Waals surface area contributed by atoms with Gasteiger partial charge in [0.25, 0.3) is 0 Å². The molecule has 0 N–H and O–H groups in total. The zero-order chi connectivity index (χ0) is 18.1. The molecule has 1 aliphatic rings. The fraction of sp³-hybridized carbons (Fsp3) is 0.444. The van der Waals surface area contributed by atoms with Crippen LogP contribution in [0, 0.1) is 12.7 Å². The molecule has 1 aliphatic heterocycles. The highest BCUT2D eigenvalue weighted by molar-refractivity contribution is 5.46. The molecule has 7 nitrogen and oxygen atoms in total. The van der Waals surface area contributed by atoms with Gasteiger partial charge in [-0.15, -0.1) is 10.2 Å². The molecule has 1 saturated heterocycles. The first-order valence-corrected chi connectivity index (χ1v) is 8.84. The summed E-state index contributed by atoms with van der Waals surface area (Å²) in [5.74, 6) is 2.97. The number of pyridine rings is 1. The summed E-state index contributed by atoms with van der Waals surface area (Å²) in [4.78, 5) is 10.2. The van der Waals surface area contributed by atoms with Gasteiger partial charge in [-0.05, 0) is 25.8 Å². The fourth-order valence-electron chi connectivity index (χ4n) is 3.59. The molecule has 1 fully saturated rings. The van der Waals surface area contributed by atoms with E-state index in [1.54, 1.807) is 18.5 Å². The summed E-state index contributed by atoms with van der Waals surface area (Å²) >= 11 is 0. The standard InChI is InChI=1S/C18H22FN7/c1-13-21-7-10-26(13)12-17-22-23-18(24(17)2)14-4-8-25(9-5-14)16-3-6-20-11-15(16)19/h3,6-7,10-11,14H,4-5,8-9,12H2,1-2H3. The number of piperidine rings is 1. The van der Waals surface area contributed by atoms with Crippen molar-refractivity contribution in [3.63, 3.8) is 0 Å². The lowest BCUT2D eigenvalue weighted by Crippen LogP contribution is -2.34. The van der Waals surface area contributed by atoms with Gasteiger partial charge in [0.1, 0.15) is 11.6 Å². The predicted molar refractivity (Wildman–Crippen MR) is 95.5 cm³/mol. The summed E-state index contributed by atoms with van der Waals surface area (Å²) in [6.07, 6.45) is 8.51. The summed E-state index contributed by atoms with van der Waals surface area (Å²) in [5.41, 5.74) is 0.632. The molecule has 0 bridgehead atoms. The van der Waals surface area contributed by atoms with Gasteiger partial charge >= 0.3 is 0 Å². The maximum atomic E-state index is 13.9.